The Bertz CT molecular complexity index is 219. The summed E-state index contributed by atoms with van der Waals surface area (Å²) in [5, 5.41) is 9.06. The van der Waals surface area contributed by atoms with Crippen LogP contribution in [0.4, 0.5) is 4.79 Å². The minimum absolute atomic E-state index is 0.149. The van der Waals surface area contributed by atoms with Crippen molar-refractivity contribution in [2.45, 2.75) is 25.4 Å². The number of carbonyl (C=O) groups is 1. The summed E-state index contributed by atoms with van der Waals surface area (Å²) in [4.78, 5) is 14.9. The SMILES string of the molecule is O=C(O)N1CCCCC1N1CCSC1. The van der Waals surface area contributed by atoms with Gasteiger partial charge in [0.05, 0.1) is 6.17 Å². The van der Waals surface area contributed by atoms with Crippen molar-refractivity contribution in [1.82, 2.24) is 9.80 Å². The second-order valence-electron chi connectivity index (χ2n) is 3.80. The molecule has 14 heavy (non-hydrogen) atoms. The van der Waals surface area contributed by atoms with Gasteiger partial charge in [0.25, 0.3) is 0 Å². The molecule has 2 aliphatic rings. The van der Waals surface area contributed by atoms with Gasteiger partial charge in [0, 0.05) is 24.7 Å². The number of thioether (sulfide) groups is 1. The zero-order valence-corrected chi connectivity index (χ0v) is 9.00. The Morgan fingerprint density at radius 2 is 2.21 bits per heavy atom. The van der Waals surface area contributed by atoms with Crippen LogP contribution >= 0.6 is 11.8 Å². The molecule has 2 heterocycles. The minimum Gasteiger partial charge on any atom is -0.465 e. The van der Waals surface area contributed by atoms with Gasteiger partial charge in [-0.25, -0.2) is 4.79 Å². The third-order valence-corrected chi connectivity index (χ3v) is 3.90. The molecule has 5 heteroatoms. The van der Waals surface area contributed by atoms with Gasteiger partial charge in [-0.3, -0.25) is 9.80 Å². The summed E-state index contributed by atoms with van der Waals surface area (Å²) < 4.78 is 0. The molecule has 0 saturated carbocycles. The number of amides is 1. The van der Waals surface area contributed by atoms with Crippen LogP contribution in [-0.4, -0.2) is 51.9 Å². The normalized spacial score (nSPS) is 29.4. The van der Waals surface area contributed by atoms with Crippen LogP contribution in [0.5, 0.6) is 0 Å². The van der Waals surface area contributed by atoms with Crippen LogP contribution in [0.25, 0.3) is 0 Å². The molecule has 0 spiro atoms. The second-order valence-corrected chi connectivity index (χ2v) is 4.88. The zero-order valence-electron chi connectivity index (χ0n) is 8.19. The molecule has 2 fully saturated rings. The van der Waals surface area contributed by atoms with E-state index in [2.05, 4.69) is 4.90 Å². The third-order valence-electron chi connectivity index (χ3n) is 2.92. The lowest BCUT2D eigenvalue weighted by Crippen LogP contribution is -2.51. The van der Waals surface area contributed by atoms with Gasteiger partial charge in [-0.15, -0.1) is 11.8 Å². The first kappa shape index (κ1) is 10.1. The summed E-state index contributed by atoms with van der Waals surface area (Å²) >= 11 is 1.90. The maximum Gasteiger partial charge on any atom is 0.408 e. The van der Waals surface area contributed by atoms with Crippen molar-refractivity contribution < 1.29 is 9.90 Å². The van der Waals surface area contributed by atoms with Crippen LogP contribution < -0.4 is 0 Å². The molecule has 0 aromatic rings. The van der Waals surface area contributed by atoms with Crippen molar-refractivity contribution in [1.29, 1.82) is 0 Å². The van der Waals surface area contributed by atoms with Gasteiger partial charge in [-0.05, 0) is 19.3 Å². The fourth-order valence-electron chi connectivity index (χ4n) is 2.18. The molecule has 0 aromatic heterocycles. The molecule has 80 valence electrons. The second kappa shape index (κ2) is 4.40. The third kappa shape index (κ3) is 1.98. The smallest absolute Gasteiger partial charge is 0.408 e. The van der Waals surface area contributed by atoms with E-state index in [-0.39, 0.29) is 6.17 Å². The first-order valence-corrected chi connectivity index (χ1v) is 6.26. The van der Waals surface area contributed by atoms with Crippen LogP contribution in [0.1, 0.15) is 19.3 Å². The molecule has 1 N–H and O–H groups in total. The number of likely N-dealkylation sites (tertiary alicyclic amines) is 1. The summed E-state index contributed by atoms with van der Waals surface area (Å²) in [5.74, 6) is 2.14. The Hall–Kier alpha value is -0.420. The Morgan fingerprint density at radius 3 is 2.86 bits per heavy atom. The van der Waals surface area contributed by atoms with E-state index in [1.165, 1.54) is 0 Å². The van der Waals surface area contributed by atoms with Gasteiger partial charge in [-0.2, -0.15) is 0 Å². The molecule has 1 unspecified atom stereocenters. The summed E-state index contributed by atoms with van der Waals surface area (Å²) in [7, 11) is 0. The van der Waals surface area contributed by atoms with Crippen molar-refractivity contribution in [2.24, 2.45) is 0 Å². The fraction of sp³-hybridized carbons (Fsp3) is 0.889. The van der Waals surface area contributed by atoms with Gasteiger partial charge in [0.15, 0.2) is 0 Å². The lowest BCUT2D eigenvalue weighted by Gasteiger charge is -2.38. The van der Waals surface area contributed by atoms with Gasteiger partial charge < -0.3 is 5.11 Å². The van der Waals surface area contributed by atoms with Crippen molar-refractivity contribution in [3.63, 3.8) is 0 Å². The molecule has 2 aliphatic heterocycles. The fourth-order valence-corrected chi connectivity index (χ4v) is 3.21. The Kier molecular flexibility index (Phi) is 3.18. The largest absolute Gasteiger partial charge is 0.465 e. The number of hydrogen-bond acceptors (Lipinski definition) is 3. The molecule has 0 bridgehead atoms. The standard InChI is InChI=1S/C9H16N2O2S/c12-9(13)11-4-2-1-3-8(11)10-5-6-14-7-10/h8H,1-7H2,(H,12,13). The average molecular weight is 216 g/mol. The van der Waals surface area contributed by atoms with E-state index in [1.54, 1.807) is 4.90 Å². The highest BCUT2D eigenvalue weighted by molar-refractivity contribution is 7.99. The number of hydrogen-bond donors (Lipinski definition) is 1. The highest BCUT2D eigenvalue weighted by atomic mass is 32.2. The van der Waals surface area contributed by atoms with Crippen LogP contribution in [0.3, 0.4) is 0 Å². The van der Waals surface area contributed by atoms with Crippen LogP contribution in [0.2, 0.25) is 0 Å². The Labute approximate surface area is 88.2 Å². The van der Waals surface area contributed by atoms with Crippen LogP contribution in [0.15, 0.2) is 0 Å². The Balaban J connectivity index is 2.01. The van der Waals surface area contributed by atoms with Gasteiger partial charge in [0.2, 0.25) is 0 Å². The topological polar surface area (TPSA) is 43.8 Å². The van der Waals surface area contributed by atoms with Crippen molar-refractivity contribution >= 4 is 17.9 Å². The van der Waals surface area contributed by atoms with Gasteiger partial charge in [-0.1, -0.05) is 0 Å². The highest BCUT2D eigenvalue weighted by Gasteiger charge is 2.32. The molecule has 1 atom stereocenters. The van der Waals surface area contributed by atoms with Gasteiger partial charge in [0.1, 0.15) is 0 Å². The number of rotatable bonds is 1. The van der Waals surface area contributed by atoms with E-state index in [0.29, 0.717) is 6.54 Å². The first-order valence-electron chi connectivity index (χ1n) is 5.10. The molecule has 1 amide bonds. The minimum atomic E-state index is -0.758. The molecule has 0 radical (unpaired) electrons. The molecular formula is C9H16N2O2S. The van der Waals surface area contributed by atoms with Crippen LogP contribution in [-0.2, 0) is 0 Å². The number of carboxylic acid groups (broad SMARTS) is 1. The molecule has 4 nitrogen and oxygen atoms in total. The maximum absolute atomic E-state index is 11.0. The number of piperidine rings is 1. The summed E-state index contributed by atoms with van der Waals surface area (Å²) in [6.45, 7) is 1.75. The van der Waals surface area contributed by atoms with E-state index in [0.717, 1.165) is 37.4 Å². The maximum atomic E-state index is 11.0. The Morgan fingerprint density at radius 1 is 1.36 bits per heavy atom. The lowest BCUT2D eigenvalue weighted by atomic mass is 10.1. The molecule has 0 aromatic carbocycles. The molecule has 2 rings (SSSR count). The predicted molar refractivity (Wildman–Crippen MR) is 56.4 cm³/mol. The average Bonchev–Trinajstić information content (AvgIpc) is 2.70. The highest BCUT2D eigenvalue weighted by Crippen LogP contribution is 2.25. The summed E-state index contributed by atoms with van der Waals surface area (Å²) in [6, 6.07) is 0. The van der Waals surface area contributed by atoms with E-state index in [9.17, 15) is 4.79 Å². The monoisotopic (exact) mass is 216 g/mol. The lowest BCUT2D eigenvalue weighted by molar-refractivity contribution is 0.0364. The van der Waals surface area contributed by atoms with Crippen LogP contribution in [0, 0.1) is 0 Å². The predicted octanol–water partition coefficient (Wildman–Crippen LogP) is 1.48. The van der Waals surface area contributed by atoms with Crippen molar-refractivity contribution in [3.8, 4) is 0 Å². The van der Waals surface area contributed by atoms with E-state index in [4.69, 9.17) is 5.11 Å². The first-order chi connectivity index (χ1) is 6.79. The van der Waals surface area contributed by atoms with E-state index >= 15 is 0 Å². The number of nitrogens with zero attached hydrogens (tertiary/aromatic N) is 2. The van der Waals surface area contributed by atoms with Gasteiger partial charge >= 0.3 is 6.09 Å². The summed E-state index contributed by atoms with van der Waals surface area (Å²) in [5.41, 5.74) is 0. The zero-order chi connectivity index (χ0) is 9.97. The van der Waals surface area contributed by atoms with Crippen molar-refractivity contribution in [3.05, 3.63) is 0 Å². The molecular weight excluding hydrogens is 200 g/mol. The molecule has 0 aliphatic carbocycles. The van der Waals surface area contributed by atoms with E-state index < -0.39 is 6.09 Å². The summed E-state index contributed by atoms with van der Waals surface area (Å²) in [6.07, 6.45) is 2.58. The molecule has 2 saturated heterocycles. The van der Waals surface area contributed by atoms with E-state index in [1.807, 2.05) is 11.8 Å². The quantitative estimate of drug-likeness (QED) is 0.721. The van der Waals surface area contributed by atoms with Crippen molar-refractivity contribution in [2.75, 3.05) is 24.7 Å².